The lowest BCUT2D eigenvalue weighted by atomic mass is 10.1. The summed E-state index contributed by atoms with van der Waals surface area (Å²) >= 11 is 0. The number of piperazine rings is 1. The van der Waals surface area contributed by atoms with Gasteiger partial charge in [0.05, 0.1) is 37.7 Å². The summed E-state index contributed by atoms with van der Waals surface area (Å²) in [7, 11) is 0. The normalized spacial score (nSPS) is 14.8. The molecule has 1 N–H and O–H groups in total. The minimum absolute atomic E-state index is 0.176. The number of nitrogens with zero attached hydrogens (tertiary/aromatic N) is 3. The van der Waals surface area contributed by atoms with Crippen LogP contribution in [-0.2, 0) is 6.54 Å². The number of hydrogen-bond donors (Lipinski definition) is 1. The number of quaternary nitrogens is 1. The van der Waals surface area contributed by atoms with Crippen molar-refractivity contribution in [3.63, 3.8) is 0 Å². The smallest absolute Gasteiger partial charge is 0.311 e. The second kappa shape index (κ2) is 8.59. The van der Waals surface area contributed by atoms with Crippen molar-refractivity contribution in [1.82, 2.24) is 9.88 Å². The molecule has 1 aliphatic rings. The molecule has 8 nitrogen and oxygen atoms in total. The monoisotopic (exact) mass is 371 g/mol. The summed E-state index contributed by atoms with van der Waals surface area (Å²) in [6.45, 7) is 5.92. The fourth-order valence-electron chi connectivity index (χ4n) is 3.25. The molecule has 142 valence electrons. The van der Waals surface area contributed by atoms with Crippen molar-refractivity contribution >= 4 is 11.6 Å². The minimum atomic E-state index is -0.515. The molecule has 0 radical (unpaired) electrons. The van der Waals surface area contributed by atoms with E-state index in [2.05, 4.69) is 4.98 Å². The largest absolute Gasteiger partial charge is 0.487 e. The van der Waals surface area contributed by atoms with E-state index in [0.29, 0.717) is 25.3 Å². The molecule has 27 heavy (non-hydrogen) atoms. The van der Waals surface area contributed by atoms with E-state index in [9.17, 15) is 14.9 Å². The maximum Gasteiger partial charge on any atom is 0.311 e. The van der Waals surface area contributed by atoms with Crippen molar-refractivity contribution in [3.8, 4) is 5.75 Å². The topological polar surface area (TPSA) is 90.0 Å². The zero-order chi connectivity index (χ0) is 19.2. The van der Waals surface area contributed by atoms with Gasteiger partial charge in [-0.15, -0.1) is 0 Å². The maximum absolute atomic E-state index is 12.8. The number of amides is 1. The third kappa shape index (κ3) is 4.59. The van der Waals surface area contributed by atoms with E-state index in [1.54, 1.807) is 30.3 Å². The second-order valence-corrected chi connectivity index (χ2v) is 6.45. The van der Waals surface area contributed by atoms with E-state index < -0.39 is 4.92 Å². The van der Waals surface area contributed by atoms with Crippen molar-refractivity contribution in [2.75, 3.05) is 32.8 Å². The van der Waals surface area contributed by atoms with E-state index >= 15 is 0 Å². The molecule has 0 saturated carbocycles. The van der Waals surface area contributed by atoms with Gasteiger partial charge in [0.15, 0.2) is 5.75 Å². The van der Waals surface area contributed by atoms with Crippen LogP contribution in [-0.4, -0.2) is 53.5 Å². The summed E-state index contributed by atoms with van der Waals surface area (Å²) in [6, 6.07) is 8.41. The second-order valence-electron chi connectivity index (χ2n) is 6.45. The number of carbonyl (C=O) groups excluding carboxylic acids is 1. The van der Waals surface area contributed by atoms with Gasteiger partial charge in [-0.3, -0.25) is 19.9 Å². The number of ether oxygens (including phenoxy) is 1. The number of nitro benzene ring substituents is 1. The fraction of sp³-hybridized carbons (Fsp3) is 0.368. The molecule has 0 spiro atoms. The Morgan fingerprint density at radius 1 is 1.26 bits per heavy atom. The third-order valence-electron chi connectivity index (χ3n) is 4.66. The summed E-state index contributed by atoms with van der Waals surface area (Å²) in [5.74, 6) is 0.00905. The van der Waals surface area contributed by atoms with Gasteiger partial charge >= 0.3 is 5.69 Å². The van der Waals surface area contributed by atoms with Crippen LogP contribution in [0.25, 0.3) is 0 Å². The molecule has 8 heteroatoms. The Hall–Kier alpha value is -3.00. The number of aromatic nitrogens is 1. The van der Waals surface area contributed by atoms with Crippen LogP contribution >= 0.6 is 0 Å². The number of rotatable bonds is 6. The van der Waals surface area contributed by atoms with Gasteiger partial charge in [0.1, 0.15) is 6.54 Å². The van der Waals surface area contributed by atoms with E-state index in [0.717, 1.165) is 19.6 Å². The number of hydrogen-bond acceptors (Lipinski definition) is 5. The molecule has 1 saturated heterocycles. The number of carbonyl (C=O) groups is 1. The minimum Gasteiger partial charge on any atom is -0.487 e. The fourth-order valence-corrected chi connectivity index (χ4v) is 3.25. The Bertz CT molecular complexity index is 805. The van der Waals surface area contributed by atoms with Gasteiger partial charge < -0.3 is 14.5 Å². The number of nitrogens with one attached hydrogen (secondary N) is 1. The van der Waals surface area contributed by atoms with Gasteiger partial charge in [-0.05, 0) is 31.2 Å². The van der Waals surface area contributed by atoms with Gasteiger partial charge in [-0.25, -0.2) is 0 Å². The lowest BCUT2D eigenvalue weighted by Crippen LogP contribution is -3.13. The first-order valence-electron chi connectivity index (χ1n) is 9.01. The first kappa shape index (κ1) is 18.8. The highest BCUT2D eigenvalue weighted by Crippen LogP contribution is 2.28. The maximum atomic E-state index is 12.8. The first-order chi connectivity index (χ1) is 13.1. The highest BCUT2D eigenvalue weighted by molar-refractivity contribution is 5.95. The van der Waals surface area contributed by atoms with Crippen molar-refractivity contribution in [2.45, 2.75) is 13.5 Å². The number of pyridine rings is 1. The molecule has 2 aromatic rings. The Morgan fingerprint density at radius 3 is 2.59 bits per heavy atom. The van der Waals surface area contributed by atoms with E-state index in [1.165, 1.54) is 22.6 Å². The lowest BCUT2D eigenvalue weighted by Gasteiger charge is -2.32. The zero-order valence-corrected chi connectivity index (χ0v) is 15.3. The third-order valence-corrected chi connectivity index (χ3v) is 4.66. The molecule has 1 amide bonds. The molecule has 1 aromatic carbocycles. The molecular weight excluding hydrogens is 348 g/mol. The summed E-state index contributed by atoms with van der Waals surface area (Å²) < 4.78 is 5.27. The zero-order valence-electron chi connectivity index (χ0n) is 15.3. The standard InChI is InChI=1S/C19H22N4O4/c1-2-27-18-4-3-16(13-17(18)23(25)26)19(24)22-11-9-21(10-12-22)14-15-5-7-20-8-6-15/h3-8,13H,2,9-12,14H2,1H3/p+1. The average molecular weight is 371 g/mol. The quantitative estimate of drug-likeness (QED) is 0.603. The Labute approximate surface area is 157 Å². The molecule has 1 aromatic heterocycles. The number of nitro groups is 1. The van der Waals surface area contributed by atoms with Crippen molar-refractivity contribution in [1.29, 1.82) is 0 Å². The van der Waals surface area contributed by atoms with Crippen molar-refractivity contribution in [2.24, 2.45) is 0 Å². The van der Waals surface area contributed by atoms with Crippen LogP contribution < -0.4 is 9.64 Å². The molecule has 0 atom stereocenters. The van der Waals surface area contributed by atoms with Crippen LogP contribution in [0.3, 0.4) is 0 Å². The Balaban J connectivity index is 1.63. The van der Waals surface area contributed by atoms with Crippen LogP contribution in [0.2, 0.25) is 0 Å². The van der Waals surface area contributed by atoms with Gasteiger partial charge in [-0.2, -0.15) is 0 Å². The lowest BCUT2D eigenvalue weighted by molar-refractivity contribution is -0.917. The predicted octanol–water partition coefficient (Wildman–Crippen LogP) is 0.929. The van der Waals surface area contributed by atoms with Crippen LogP contribution in [0.15, 0.2) is 42.7 Å². The highest BCUT2D eigenvalue weighted by atomic mass is 16.6. The Kier molecular flexibility index (Phi) is 5.97. The average Bonchev–Trinajstić information content (AvgIpc) is 2.69. The van der Waals surface area contributed by atoms with Gasteiger partial charge in [-0.1, -0.05) is 0 Å². The molecule has 1 fully saturated rings. The first-order valence-corrected chi connectivity index (χ1v) is 9.01. The highest BCUT2D eigenvalue weighted by Gasteiger charge is 2.26. The molecule has 0 bridgehead atoms. The SMILES string of the molecule is CCOc1ccc(C(=O)N2CC[NH+](Cc3ccncc3)CC2)cc1[N+](=O)[O-]. The molecule has 1 aliphatic heterocycles. The van der Waals surface area contributed by atoms with Crippen LogP contribution in [0, 0.1) is 10.1 Å². The van der Waals surface area contributed by atoms with Gasteiger partial charge in [0.25, 0.3) is 5.91 Å². The summed E-state index contributed by atoms with van der Waals surface area (Å²) in [6.07, 6.45) is 3.57. The summed E-state index contributed by atoms with van der Waals surface area (Å²) in [5.41, 5.74) is 1.37. The molecular formula is C19H23N4O4+. The van der Waals surface area contributed by atoms with E-state index in [1.807, 2.05) is 12.1 Å². The van der Waals surface area contributed by atoms with Gasteiger partial charge in [0, 0.05) is 29.6 Å². The van der Waals surface area contributed by atoms with Crippen LogP contribution in [0.4, 0.5) is 5.69 Å². The summed E-state index contributed by atoms with van der Waals surface area (Å²) in [4.78, 5) is 30.7. The Morgan fingerprint density at radius 2 is 1.96 bits per heavy atom. The van der Waals surface area contributed by atoms with E-state index in [4.69, 9.17) is 4.74 Å². The van der Waals surface area contributed by atoms with Crippen LogP contribution in [0.5, 0.6) is 5.75 Å². The van der Waals surface area contributed by atoms with E-state index in [-0.39, 0.29) is 17.3 Å². The molecule has 0 aliphatic carbocycles. The molecule has 2 heterocycles. The van der Waals surface area contributed by atoms with Gasteiger partial charge in [0.2, 0.25) is 0 Å². The van der Waals surface area contributed by atoms with Crippen LogP contribution in [0.1, 0.15) is 22.8 Å². The molecule has 3 rings (SSSR count). The molecule has 0 unspecified atom stereocenters. The predicted molar refractivity (Wildman–Crippen MR) is 98.8 cm³/mol. The van der Waals surface area contributed by atoms with Crippen molar-refractivity contribution < 1.29 is 19.4 Å². The number of benzene rings is 1. The summed E-state index contributed by atoms with van der Waals surface area (Å²) in [5, 5.41) is 11.3. The van der Waals surface area contributed by atoms with Crippen molar-refractivity contribution in [3.05, 3.63) is 64.0 Å².